The molecule has 0 aromatic heterocycles. The number of nitrogens with one attached hydrogen (secondary N) is 1. The minimum absolute atomic E-state index is 0.266. The topological polar surface area (TPSA) is 50.8 Å². The zero-order valence-electron chi connectivity index (χ0n) is 14.5. The Morgan fingerprint density at radius 1 is 1.12 bits per heavy atom. The fourth-order valence-electron chi connectivity index (χ4n) is 4.15. The van der Waals surface area contributed by atoms with Crippen LogP contribution in [-0.4, -0.2) is 44.2 Å². The fraction of sp³-hybridized carbons (Fsp3) is 0.632. The fourth-order valence-corrected chi connectivity index (χ4v) is 4.15. The van der Waals surface area contributed by atoms with E-state index in [1.807, 2.05) is 0 Å². The number of methoxy groups -OCH3 is 2. The second-order valence-corrected chi connectivity index (χ2v) is 7.22. The van der Waals surface area contributed by atoms with Crippen molar-refractivity contribution in [3.05, 3.63) is 23.3 Å². The van der Waals surface area contributed by atoms with Crippen LogP contribution in [0.2, 0.25) is 0 Å². The first-order chi connectivity index (χ1) is 11.7. The van der Waals surface area contributed by atoms with Gasteiger partial charge < -0.3 is 14.8 Å². The lowest BCUT2D eigenvalue weighted by Gasteiger charge is -2.44. The Hall–Kier alpha value is -1.75. The molecule has 2 unspecified atom stereocenters. The second kappa shape index (κ2) is 6.28. The van der Waals surface area contributed by atoms with Gasteiger partial charge in [-0.15, -0.1) is 0 Å². The van der Waals surface area contributed by atoms with Crippen LogP contribution < -0.4 is 14.8 Å². The number of hydrogen-bond donors (Lipinski definition) is 1. The van der Waals surface area contributed by atoms with Crippen LogP contribution >= 0.6 is 0 Å². The summed E-state index contributed by atoms with van der Waals surface area (Å²) >= 11 is 0. The van der Waals surface area contributed by atoms with E-state index in [4.69, 9.17) is 9.47 Å². The average molecular weight is 330 g/mol. The molecule has 5 heteroatoms. The van der Waals surface area contributed by atoms with Gasteiger partial charge >= 0.3 is 0 Å². The highest BCUT2D eigenvalue weighted by molar-refractivity contribution is 5.81. The molecule has 1 saturated carbocycles. The normalized spacial score (nSPS) is 26.2. The number of amides is 1. The highest BCUT2D eigenvalue weighted by Crippen LogP contribution is 2.41. The molecule has 130 valence electrons. The minimum Gasteiger partial charge on any atom is -0.493 e. The molecule has 0 radical (unpaired) electrons. The number of rotatable bonds is 4. The van der Waals surface area contributed by atoms with Crippen molar-refractivity contribution in [2.75, 3.05) is 27.3 Å². The number of nitrogens with zero attached hydrogens (tertiary/aromatic N) is 1. The van der Waals surface area contributed by atoms with E-state index in [2.05, 4.69) is 22.3 Å². The van der Waals surface area contributed by atoms with Gasteiger partial charge in [0.25, 0.3) is 0 Å². The molecular weight excluding hydrogens is 304 g/mol. The molecule has 2 aliphatic heterocycles. The molecule has 1 aromatic carbocycles. The molecule has 3 aliphatic rings. The van der Waals surface area contributed by atoms with E-state index in [1.165, 1.54) is 11.1 Å². The molecule has 1 aromatic rings. The lowest BCUT2D eigenvalue weighted by Crippen LogP contribution is -2.51. The zero-order chi connectivity index (χ0) is 16.7. The van der Waals surface area contributed by atoms with E-state index in [0.29, 0.717) is 18.0 Å². The molecule has 4 rings (SSSR count). The van der Waals surface area contributed by atoms with Gasteiger partial charge in [-0.2, -0.15) is 0 Å². The first-order valence-electron chi connectivity index (χ1n) is 8.99. The molecule has 24 heavy (non-hydrogen) atoms. The highest BCUT2D eigenvalue weighted by atomic mass is 16.5. The summed E-state index contributed by atoms with van der Waals surface area (Å²) in [6.45, 7) is 2.00. The highest BCUT2D eigenvalue weighted by Gasteiger charge is 2.36. The number of fused-ring (bicyclic) bond motifs is 3. The van der Waals surface area contributed by atoms with Crippen molar-refractivity contribution >= 4 is 5.91 Å². The van der Waals surface area contributed by atoms with Gasteiger partial charge in [-0.05, 0) is 55.4 Å². The van der Waals surface area contributed by atoms with E-state index < -0.39 is 0 Å². The first kappa shape index (κ1) is 15.8. The maximum atomic E-state index is 12.0. The molecule has 0 bridgehead atoms. The summed E-state index contributed by atoms with van der Waals surface area (Å²) in [6, 6.07) is 5.01. The Bertz CT molecular complexity index is 642. The maximum Gasteiger partial charge on any atom is 0.223 e. The Balaban J connectivity index is 1.50. The largest absolute Gasteiger partial charge is 0.493 e. The van der Waals surface area contributed by atoms with Crippen LogP contribution in [0.15, 0.2) is 12.1 Å². The van der Waals surface area contributed by atoms with E-state index in [9.17, 15) is 4.79 Å². The molecule has 1 amide bonds. The Morgan fingerprint density at radius 3 is 2.58 bits per heavy atom. The second-order valence-electron chi connectivity index (χ2n) is 7.22. The van der Waals surface area contributed by atoms with Crippen LogP contribution in [-0.2, 0) is 11.2 Å². The summed E-state index contributed by atoms with van der Waals surface area (Å²) < 4.78 is 10.9. The van der Waals surface area contributed by atoms with Crippen LogP contribution in [0.1, 0.15) is 42.9 Å². The van der Waals surface area contributed by atoms with Crippen LogP contribution in [0, 0.1) is 5.92 Å². The third-order valence-electron chi connectivity index (χ3n) is 5.65. The predicted octanol–water partition coefficient (Wildman–Crippen LogP) is 2.29. The van der Waals surface area contributed by atoms with E-state index in [-0.39, 0.29) is 5.91 Å². The van der Waals surface area contributed by atoms with Gasteiger partial charge in [0.15, 0.2) is 11.5 Å². The molecule has 2 heterocycles. The van der Waals surface area contributed by atoms with Crippen molar-refractivity contribution in [2.45, 2.75) is 44.2 Å². The van der Waals surface area contributed by atoms with Gasteiger partial charge in [-0.25, -0.2) is 0 Å². The molecule has 0 spiro atoms. The van der Waals surface area contributed by atoms with Crippen molar-refractivity contribution in [3.63, 3.8) is 0 Å². The van der Waals surface area contributed by atoms with Gasteiger partial charge in [-0.3, -0.25) is 9.69 Å². The van der Waals surface area contributed by atoms with Gasteiger partial charge in [-0.1, -0.05) is 0 Å². The van der Waals surface area contributed by atoms with Gasteiger partial charge in [0.2, 0.25) is 5.91 Å². The number of piperidine rings is 1. The Morgan fingerprint density at radius 2 is 1.88 bits per heavy atom. The molecule has 1 N–H and O–H groups in total. The van der Waals surface area contributed by atoms with E-state index in [1.54, 1.807) is 14.2 Å². The summed E-state index contributed by atoms with van der Waals surface area (Å²) in [6.07, 6.45) is 5.29. The third kappa shape index (κ3) is 2.86. The molecule has 1 saturated heterocycles. The number of hydrogen-bond acceptors (Lipinski definition) is 4. The van der Waals surface area contributed by atoms with E-state index in [0.717, 1.165) is 56.7 Å². The monoisotopic (exact) mass is 330 g/mol. The van der Waals surface area contributed by atoms with Crippen molar-refractivity contribution in [1.82, 2.24) is 10.2 Å². The lowest BCUT2D eigenvalue weighted by molar-refractivity contribution is -0.123. The van der Waals surface area contributed by atoms with E-state index >= 15 is 0 Å². The smallest absolute Gasteiger partial charge is 0.223 e. The summed E-state index contributed by atoms with van der Waals surface area (Å²) in [5, 5.41) is 3.25. The van der Waals surface area contributed by atoms with Crippen LogP contribution in [0.25, 0.3) is 0 Å². The van der Waals surface area contributed by atoms with Crippen LogP contribution in [0.4, 0.5) is 0 Å². The van der Waals surface area contributed by atoms with Crippen molar-refractivity contribution in [3.8, 4) is 11.5 Å². The predicted molar refractivity (Wildman–Crippen MR) is 91.5 cm³/mol. The average Bonchev–Trinajstić information content (AvgIpc) is 3.45. The number of ether oxygens (including phenoxy) is 2. The summed E-state index contributed by atoms with van der Waals surface area (Å²) in [5.74, 6) is 2.18. The van der Waals surface area contributed by atoms with Gasteiger partial charge in [0, 0.05) is 31.1 Å². The number of carbonyl (C=O) groups is 1. The summed E-state index contributed by atoms with van der Waals surface area (Å²) in [4.78, 5) is 14.5. The summed E-state index contributed by atoms with van der Waals surface area (Å²) in [5.41, 5.74) is 2.74. The Labute approximate surface area is 143 Å². The van der Waals surface area contributed by atoms with Crippen LogP contribution in [0.5, 0.6) is 11.5 Å². The number of carbonyl (C=O) groups excluding carboxylic acids is 1. The SMILES string of the molecule is COc1cc2c(cc1OC)C1CCC(NC(=O)C3CC3)CN1CC2. The number of benzene rings is 1. The zero-order valence-corrected chi connectivity index (χ0v) is 14.5. The molecular formula is C19H26N2O3. The third-order valence-corrected chi connectivity index (χ3v) is 5.65. The van der Waals surface area contributed by atoms with Crippen molar-refractivity contribution < 1.29 is 14.3 Å². The molecule has 1 aliphatic carbocycles. The molecule has 2 fully saturated rings. The van der Waals surface area contributed by atoms with Gasteiger partial charge in [0.05, 0.1) is 14.2 Å². The minimum atomic E-state index is 0.266. The quantitative estimate of drug-likeness (QED) is 0.920. The molecule has 5 nitrogen and oxygen atoms in total. The summed E-state index contributed by atoms with van der Waals surface area (Å²) in [7, 11) is 3.38. The van der Waals surface area contributed by atoms with Crippen LogP contribution in [0.3, 0.4) is 0 Å². The maximum absolute atomic E-state index is 12.0. The van der Waals surface area contributed by atoms with Gasteiger partial charge in [0.1, 0.15) is 0 Å². The molecule has 2 atom stereocenters. The van der Waals surface area contributed by atoms with Crippen molar-refractivity contribution in [2.24, 2.45) is 5.92 Å². The standard InChI is InChI=1S/C19H26N2O3/c1-23-17-9-13-7-8-21-11-14(20-19(22)12-3-4-12)5-6-16(21)15(13)10-18(17)24-2/h9-10,12,14,16H,3-8,11H2,1-2H3,(H,20,22). The lowest BCUT2D eigenvalue weighted by atomic mass is 9.85. The Kier molecular flexibility index (Phi) is 4.12. The van der Waals surface area contributed by atoms with Crippen molar-refractivity contribution in [1.29, 1.82) is 0 Å². The first-order valence-corrected chi connectivity index (χ1v) is 8.99.